The van der Waals surface area contributed by atoms with Gasteiger partial charge in [-0.25, -0.2) is 8.42 Å². The molecule has 0 aliphatic heterocycles. The lowest BCUT2D eigenvalue weighted by molar-refractivity contribution is -0.288. The van der Waals surface area contributed by atoms with E-state index < -0.39 is 44.3 Å². The van der Waals surface area contributed by atoms with Crippen LogP contribution in [0.15, 0.2) is 101 Å². The van der Waals surface area contributed by atoms with Gasteiger partial charge >= 0.3 is 12.4 Å². The van der Waals surface area contributed by atoms with Crippen molar-refractivity contribution in [3.05, 3.63) is 113 Å². The fourth-order valence-corrected chi connectivity index (χ4v) is 7.16. The summed E-state index contributed by atoms with van der Waals surface area (Å²) in [6.45, 7) is 9.27. The van der Waals surface area contributed by atoms with E-state index in [2.05, 4.69) is 13.8 Å². The molecule has 1 aliphatic rings. The molecule has 1 aliphatic carbocycles. The molecular formula is C35H32F6O4S. The second kappa shape index (κ2) is 11.1. The molecule has 0 bridgehead atoms. The van der Waals surface area contributed by atoms with Crippen LogP contribution < -0.4 is 9.47 Å². The van der Waals surface area contributed by atoms with E-state index in [1.165, 1.54) is 24.3 Å². The third-order valence-electron chi connectivity index (χ3n) is 7.97. The number of sulfone groups is 1. The summed E-state index contributed by atoms with van der Waals surface area (Å²) in [6, 6.07) is 17.6. The summed E-state index contributed by atoms with van der Waals surface area (Å²) in [5.41, 5.74) is -5.03. The molecule has 0 saturated heterocycles. The normalized spacial score (nSPS) is 15.1. The zero-order valence-electron chi connectivity index (χ0n) is 25.7. The number of ether oxygens (including phenoxy) is 2. The Labute approximate surface area is 263 Å². The Kier molecular flexibility index (Phi) is 8.03. The first-order valence-electron chi connectivity index (χ1n) is 14.4. The minimum atomic E-state index is -5.75. The number of hydrogen-bond acceptors (Lipinski definition) is 4. The lowest BCUT2D eigenvalue weighted by atomic mass is 9.67. The Hall–Kier alpha value is -3.99. The van der Waals surface area contributed by atoms with E-state index in [1.807, 2.05) is 6.07 Å². The van der Waals surface area contributed by atoms with Gasteiger partial charge in [-0.15, -0.1) is 0 Å². The summed E-state index contributed by atoms with van der Waals surface area (Å²) in [5.74, 6) is 0.215. The Balaban J connectivity index is 1.41. The van der Waals surface area contributed by atoms with E-state index in [9.17, 15) is 34.8 Å². The predicted molar refractivity (Wildman–Crippen MR) is 161 cm³/mol. The SMILES string of the molecule is CC(C)(C)Oc1ccc(C(c2ccc(Oc3ccc(S(=O)(=O)c4ccc5c(c4)CC5(C)C)cc3)cc2)(C(F)(F)F)C(F)(F)F)cc1. The molecule has 4 aromatic rings. The molecular weight excluding hydrogens is 630 g/mol. The Morgan fingerprint density at radius 3 is 1.48 bits per heavy atom. The monoisotopic (exact) mass is 662 g/mol. The van der Waals surface area contributed by atoms with Crippen LogP contribution in [0.3, 0.4) is 0 Å². The van der Waals surface area contributed by atoms with E-state index in [4.69, 9.17) is 9.47 Å². The second-order valence-electron chi connectivity index (χ2n) is 13.0. The molecule has 5 rings (SSSR count). The summed E-state index contributed by atoms with van der Waals surface area (Å²) >= 11 is 0. The molecule has 0 saturated carbocycles. The van der Waals surface area contributed by atoms with Gasteiger partial charge in [-0.05, 0) is 116 Å². The first kappa shape index (κ1) is 33.4. The van der Waals surface area contributed by atoms with E-state index in [0.29, 0.717) is 0 Å². The summed E-state index contributed by atoms with van der Waals surface area (Å²) in [7, 11) is -3.84. The second-order valence-corrected chi connectivity index (χ2v) is 14.9. The van der Waals surface area contributed by atoms with Gasteiger partial charge in [-0.1, -0.05) is 44.2 Å². The van der Waals surface area contributed by atoms with Crippen molar-refractivity contribution in [1.29, 1.82) is 0 Å². The van der Waals surface area contributed by atoms with Gasteiger partial charge < -0.3 is 9.47 Å². The van der Waals surface area contributed by atoms with E-state index in [1.54, 1.807) is 32.9 Å². The van der Waals surface area contributed by atoms with Gasteiger partial charge in [0.15, 0.2) is 0 Å². The summed E-state index contributed by atoms with van der Waals surface area (Å²) < 4.78 is 125. The van der Waals surface area contributed by atoms with Gasteiger partial charge in [0, 0.05) is 0 Å². The summed E-state index contributed by atoms with van der Waals surface area (Å²) in [6.07, 6.45) is -10.7. The number of hydrogen-bond donors (Lipinski definition) is 0. The van der Waals surface area contributed by atoms with Crippen LogP contribution >= 0.6 is 0 Å². The number of rotatable bonds is 7. The van der Waals surface area contributed by atoms with Crippen LogP contribution in [-0.4, -0.2) is 26.4 Å². The molecule has 0 unspecified atom stereocenters. The van der Waals surface area contributed by atoms with E-state index >= 15 is 0 Å². The van der Waals surface area contributed by atoms with Gasteiger partial charge in [0.05, 0.1) is 9.79 Å². The molecule has 0 fully saturated rings. The van der Waals surface area contributed by atoms with Crippen LogP contribution in [0.25, 0.3) is 0 Å². The molecule has 244 valence electrons. The molecule has 46 heavy (non-hydrogen) atoms. The molecule has 0 spiro atoms. The first-order chi connectivity index (χ1) is 21.1. The van der Waals surface area contributed by atoms with E-state index in [0.717, 1.165) is 66.1 Å². The van der Waals surface area contributed by atoms with Crippen molar-refractivity contribution >= 4 is 9.84 Å². The smallest absolute Gasteiger partial charge is 0.411 e. The number of fused-ring (bicyclic) bond motifs is 1. The van der Waals surface area contributed by atoms with Gasteiger partial charge in [0.1, 0.15) is 22.8 Å². The maximum absolute atomic E-state index is 14.6. The van der Waals surface area contributed by atoms with Crippen LogP contribution in [0.2, 0.25) is 0 Å². The molecule has 0 atom stereocenters. The maximum atomic E-state index is 14.6. The number of halogens is 6. The van der Waals surface area contributed by atoms with Gasteiger partial charge in [-0.2, -0.15) is 26.3 Å². The highest BCUT2D eigenvalue weighted by molar-refractivity contribution is 7.91. The highest BCUT2D eigenvalue weighted by atomic mass is 32.2. The molecule has 0 N–H and O–H groups in total. The fourth-order valence-electron chi connectivity index (χ4n) is 5.85. The fraction of sp³-hybridized carbons (Fsp3) is 0.314. The Bertz CT molecular complexity index is 1820. The summed E-state index contributed by atoms with van der Waals surface area (Å²) in [5, 5.41) is 0. The van der Waals surface area contributed by atoms with Gasteiger partial charge in [0.2, 0.25) is 15.3 Å². The molecule has 4 nitrogen and oxygen atoms in total. The topological polar surface area (TPSA) is 52.6 Å². The number of benzene rings is 4. The highest BCUT2D eigenvalue weighted by Crippen LogP contribution is 2.56. The molecule has 0 radical (unpaired) electrons. The van der Waals surface area contributed by atoms with Crippen molar-refractivity contribution in [2.45, 2.75) is 79.6 Å². The molecule has 0 aromatic heterocycles. The van der Waals surface area contributed by atoms with Crippen molar-refractivity contribution in [2.75, 3.05) is 0 Å². The van der Waals surface area contributed by atoms with Crippen LogP contribution in [0, 0.1) is 0 Å². The van der Waals surface area contributed by atoms with Gasteiger partial charge in [-0.3, -0.25) is 0 Å². The molecule has 0 amide bonds. The zero-order chi connectivity index (χ0) is 33.9. The van der Waals surface area contributed by atoms with Crippen LogP contribution in [0.4, 0.5) is 26.3 Å². The first-order valence-corrected chi connectivity index (χ1v) is 15.8. The minimum absolute atomic E-state index is 0.00273. The van der Waals surface area contributed by atoms with Crippen LogP contribution in [0.1, 0.15) is 56.9 Å². The van der Waals surface area contributed by atoms with Crippen molar-refractivity contribution in [2.24, 2.45) is 0 Å². The van der Waals surface area contributed by atoms with Crippen molar-refractivity contribution in [1.82, 2.24) is 0 Å². The van der Waals surface area contributed by atoms with E-state index in [-0.39, 0.29) is 32.5 Å². The average molecular weight is 663 g/mol. The minimum Gasteiger partial charge on any atom is -0.488 e. The maximum Gasteiger partial charge on any atom is 0.411 e. The highest BCUT2D eigenvalue weighted by Gasteiger charge is 2.72. The molecule has 4 aromatic carbocycles. The molecule has 11 heteroatoms. The largest absolute Gasteiger partial charge is 0.488 e. The Morgan fingerprint density at radius 1 is 0.630 bits per heavy atom. The number of alkyl halides is 6. The average Bonchev–Trinajstić information content (AvgIpc) is 2.92. The van der Waals surface area contributed by atoms with Crippen LogP contribution in [-0.2, 0) is 27.1 Å². The van der Waals surface area contributed by atoms with Crippen molar-refractivity contribution < 1.29 is 44.2 Å². The molecule has 0 heterocycles. The third kappa shape index (κ3) is 5.97. The summed E-state index contributed by atoms with van der Waals surface area (Å²) in [4.78, 5) is 0.160. The lowest BCUT2D eigenvalue weighted by Crippen LogP contribution is -2.54. The van der Waals surface area contributed by atoms with Crippen molar-refractivity contribution in [3.63, 3.8) is 0 Å². The zero-order valence-corrected chi connectivity index (χ0v) is 26.5. The van der Waals surface area contributed by atoms with Crippen molar-refractivity contribution in [3.8, 4) is 17.2 Å². The lowest BCUT2D eigenvalue weighted by Gasteiger charge is -2.38. The standard InChI is InChI=1S/C35H32F6O4S/c1-31(2,3)45-27-12-8-24(9-13-27)33(34(36,37)38,35(39,40)41)23-6-10-25(11-7-23)44-26-14-16-28(17-15-26)46(42,43)29-18-19-30-22(20-29)21-32(30,4)5/h6-20H,21H2,1-5H3. The Morgan fingerprint density at radius 2 is 1.07 bits per heavy atom. The van der Waals surface area contributed by atoms with Crippen LogP contribution in [0.5, 0.6) is 17.2 Å². The quantitative estimate of drug-likeness (QED) is 0.185. The third-order valence-corrected chi connectivity index (χ3v) is 9.73. The predicted octanol–water partition coefficient (Wildman–Crippen LogP) is 9.73. The van der Waals surface area contributed by atoms with Gasteiger partial charge in [0.25, 0.3) is 0 Å².